The third-order valence-electron chi connectivity index (χ3n) is 6.67. The van der Waals surface area contributed by atoms with Crippen LogP contribution in [0.2, 0.25) is 0 Å². The number of hydrogen-bond donors (Lipinski definition) is 1. The molecule has 3 aliphatic rings. The maximum Gasteiger partial charge on any atom is 0.121 e. The molecule has 2 aromatic carbocycles. The lowest BCUT2D eigenvalue weighted by Gasteiger charge is -2.41. The summed E-state index contributed by atoms with van der Waals surface area (Å²) in [5, 5.41) is 5.90. The topological polar surface area (TPSA) is 29.4 Å². The Morgan fingerprint density at radius 1 is 1.07 bits per heavy atom. The molecule has 4 heterocycles. The minimum Gasteiger partial charge on any atom is -0.489 e. The molecular weight excluding hydrogens is 358 g/mol. The van der Waals surface area contributed by atoms with Crippen molar-refractivity contribution in [1.29, 1.82) is 0 Å². The largest absolute Gasteiger partial charge is 0.489 e. The highest BCUT2D eigenvalue weighted by Gasteiger charge is 2.28. The summed E-state index contributed by atoms with van der Waals surface area (Å²) >= 11 is 0. The van der Waals surface area contributed by atoms with E-state index in [0.717, 1.165) is 37.7 Å². The van der Waals surface area contributed by atoms with Crippen molar-refractivity contribution in [2.45, 2.75) is 25.8 Å². The molecule has 6 rings (SSSR count). The molecule has 0 aliphatic carbocycles. The van der Waals surface area contributed by atoms with Crippen LogP contribution in [-0.2, 0) is 6.54 Å². The van der Waals surface area contributed by atoms with E-state index >= 15 is 0 Å². The van der Waals surface area contributed by atoms with Gasteiger partial charge in [0.15, 0.2) is 0 Å². The van der Waals surface area contributed by atoms with E-state index < -0.39 is 0 Å². The lowest BCUT2D eigenvalue weighted by atomic mass is 9.84. The van der Waals surface area contributed by atoms with Crippen molar-refractivity contribution in [2.75, 3.05) is 39.8 Å². The molecule has 1 aromatic heterocycles. The monoisotopic (exact) mass is 389 g/mol. The molecule has 3 saturated heterocycles. The number of aromatic nitrogens is 1. The van der Waals surface area contributed by atoms with Gasteiger partial charge in [-0.1, -0.05) is 23.8 Å². The number of nitrogens with zero attached hydrogens (tertiary/aromatic N) is 2. The van der Waals surface area contributed by atoms with Crippen LogP contribution in [0.1, 0.15) is 19.3 Å². The molecule has 2 bridgehead atoms. The molecule has 0 saturated carbocycles. The van der Waals surface area contributed by atoms with Gasteiger partial charge in [0.05, 0.1) is 5.52 Å². The second-order valence-electron chi connectivity index (χ2n) is 8.45. The Kier molecular flexibility index (Phi) is 5.30. The lowest BCUT2D eigenvalue weighted by Crippen LogP contribution is -2.43. The van der Waals surface area contributed by atoms with Crippen LogP contribution >= 0.6 is 0 Å². The Morgan fingerprint density at radius 2 is 1.90 bits per heavy atom. The average Bonchev–Trinajstić information content (AvgIpc) is 3.08. The fraction of sp³-hybridized carbons (Fsp3) is 0.440. The summed E-state index contributed by atoms with van der Waals surface area (Å²) in [6, 6.07) is 15.3. The van der Waals surface area contributed by atoms with Crippen molar-refractivity contribution in [3.63, 3.8) is 0 Å². The van der Waals surface area contributed by atoms with E-state index in [1.54, 1.807) is 5.57 Å². The number of aryl methyl sites for hydroxylation is 1. The highest BCUT2D eigenvalue weighted by atomic mass is 16.5. The Bertz CT molecular complexity index is 1030. The van der Waals surface area contributed by atoms with Crippen LogP contribution in [0.4, 0.5) is 0 Å². The zero-order valence-corrected chi connectivity index (χ0v) is 17.4. The predicted octanol–water partition coefficient (Wildman–Crippen LogP) is 4.43. The molecule has 4 heteroatoms. The van der Waals surface area contributed by atoms with Gasteiger partial charge in [0, 0.05) is 35.4 Å². The molecule has 0 spiro atoms. The summed E-state index contributed by atoms with van der Waals surface area (Å²) in [7, 11) is 2.02. The molecular formula is C25H31N3O. The van der Waals surface area contributed by atoms with Crippen LogP contribution in [0.5, 0.6) is 5.75 Å². The Balaban J connectivity index is 1.39. The van der Waals surface area contributed by atoms with E-state index in [0.29, 0.717) is 6.61 Å². The standard InChI is InChI=1S/C25H31N3O/c1-26-12-4-13-28-24-6-3-2-5-22(24)23-8-7-21(17-25(23)28)29-16-11-20-18-27-14-9-19(20)10-15-27/h2-3,5-8,11,17,19,26H,4,9-10,12-16,18H2,1H3/b20-11-. The minimum atomic E-state index is 0.672. The van der Waals surface area contributed by atoms with E-state index in [1.165, 1.54) is 47.7 Å². The van der Waals surface area contributed by atoms with E-state index in [-0.39, 0.29) is 0 Å². The van der Waals surface area contributed by atoms with Crippen LogP contribution in [-0.4, -0.2) is 49.3 Å². The smallest absolute Gasteiger partial charge is 0.121 e. The zero-order valence-electron chi connectivity index (χ0n) is 17.4. The predicted molar refractivity (Wildman–Crippen MR) is 121 cm³/mol. The van der Waals surface area contributed by atoms with Gasteiger partial charge >= 0.3 is 0 Å². The molecule has 29 heavy (non-hydrogen) atoms. The van der Waals surface area contributed by atoms with Crippen LogP contribution in [0, 0.1) is 5.92 Å². The van der Waals surface area contributed by atoms with Gasteiger partial charge < -0.3 is 14.6 Å². The first-order valence-electron chi connectivity index (χ1n) is 11.0. The van der Waals surface area contributed by atoms with Gasteiger partial charge in [-0.05, 0) is 76.1 Å². The first kappa shape index (κ1) is 18.7. The number of fused-ring (bicyclic) bond motifs is 6. The summed E-state index contributed by atoms with van der Waals surface area (Å²) in [5.41, 5.74) is 4.17. The number of ether oxygens (including phenoxy) is 1. The minimum absolute atomic E-state index is 0.672. The summed E-state index contributed by atoms with van der Waals surface area (Å²) in [6.07, 6.45) is 6.09. The highest BCUT2D eigenvalue weighted by molar-refractivity contribution is 6.08. The number of piperidine rings is 3. The van der Waals surface area contributed by atoms with Crippen molar-refractivity contribution in [3.05, 3.63) is 54.1 Å². The first-order valence-corrected chi connectivity index (χ1v) is 11.0. The second-order valence-corrected chi connectivity index (χ2v) is 8.45. The van der Waals surface area contributed by atoms with Gasteiger partial charge in [0.2, 0.25) is 0 Å². The lowest BCUT2D eigenvalue weighted by molar-refractivity contribution is 0.160. The maximum absolute atomic E-state index is 6.18. The normalized spacial score (nSPS) is 22.7. The average molecular weight is 390 g/mol. The van der Waals surface area contributed by atoms with Gasteiger partial charge in [0.25, 0.3) is 0 Å². The Labute approximate surface area is 173 Å². The zero-order chi connectivity index (χ0) is 19.6. The van der Waals surface area contributed by atoms with Crippen molar-refractivity contribution in [1.82, 2.24) is 14.8 Å². The third-order valence-corrected chi connectivity index (χ3v) is 6.67. The highest BCUT2D eigenvalue weighted by Crippen LogP contribution is 2.33. The quantitative estimate of drug-likeness (QED) is 0.479. The first-order chi connectivity index (χ1) is 14.3. The molecule has 1 N–H and O–H groups in total. The summed E-state index contributed by atoms with van der Waals surface area (Å²) in [4.78, 5) is 2.57. The molecule has 3 aliphatic heterocycles. The van der Waals surface area contributed by atoms with E-state index in [9.17, 15) is 0 Å². The van der Waals surface area contributed by atoms with E-state index in [2.05, 4.69) is 63.3 Å². The fourth-order valence-corrected chi connectivity index (χ4v) is 5.10. The van der Waals surface area contributed by atoms with Gasteiger partial charge in [-0.3, -0.25) is 4.90 Å². The number of rotatable bonds is 7. The second kappa shape index (κ2) is 8.21. The third kappa shape index (κ3) is 3.67. The van der Waals surface area contributed by atoms with Crippen molar-refractivity contribution < 1.29 is 4.74 Å². The summed E-state index contributed by atoms with van der Waals surface area (Å²) in [5.74, 6) is 1.76. The number of nitrogens with one attached hydrogen (secondary N) is 1. The number of hydrogen-bond acceptors (Lipinski definition) is 3. The molecule has 4 nitrogen and oxygen atoms in total. The molecule has 3 aromatic rings. The van der Waals surface area contributed by atoms with Crippen molar-refractivity contribution in [3.8, 4) is 5.75 Å². The van der Waals surface area contributed by atoms with Crippen molar-refractivity contribution in [2.24, 2.45) is 5.92 Å². The SMILES string of the molecule is CNCCCn1c2ccccc2c2ccc(OC/C=C3/CN4CCC3CC4)cc21. The molecule has 0 unspecified atom stereocenters. The van der Waals surface area contributed by atoms with Gasteiger partial charge in [0.1, 0.15) is 12.4 Å². The van der Waals surface area contributed by atoms with Gasteiger partial charge in [-0.15, -0.1) is 0 Å². The molecule has 3 fully saturated rings. The van der Waals surface area contributed by atoms with Crippen LogP contribution < -0.4 is 10.1 Å². The Hall–Kier alpha value is -2.30. The van der Waals surface area contributed by atoms with Crippen LogP contribution in [0.15, 0.2) is 54.1 Å². The molecule has 0 atom stereocenters. The number of benzene rings is 2. The van der Waals surface area contributed by atoms with Crippen LogP contribution in [0.3, 0.4) is 0 Å². The fourth-order valence-electron chi connectivity index (χ4n) is 5.10. The van der Waals surface area contributed by atoms with Crippen LogP contribution in [0.25, 0.3) is 21.8 Å². The van der Waals surface area contributed by atoms with Crippen molar-refractivity contribution >= 4 is 21.8 Å². The van der Waals surface area contributed by atoms with Gasteiger partial charge in [-0.2, -0.15) is 0 Å². The maximum atomic E-state index is 6.18. The summed E-state index contributed by atoms with van der Waals surface area (Å²) < 4.78 is 8.63. The van der Waals surface area contributed by atoms with Gasteiger partial charge in [-0.25, -0.2) is 0 Å². The molecule has 152 valence electrons. The molecule has 0 amide bonds. The molecule has 0 radical (unpaired) electrons. The van der Waals surface area contributed by atoms with E-state index in [4.69, 9.17) is 4.74 Å². The number of para-hydroxylation sites is 1. The van der Waals surface area contributed by atoms with E-state index in [1.807, 2.05) is 7.05 Å². The Morgan fingerprint density at radius 3 is 2.69 bits per heavy atom. The summed E-state index contributed by atoms with van der Waals surface area (Å²) in [6.45, 7) is 6.40.